The fourth-order valence-electron chi connectivity index (χ4n) is 2.83. The molecule has 1 heterocycles. The van der Waals surface area contributed by atoms with Crippen molar-refractivity contribution in [1.29, 1.82) is 0 Å². The van der Waals surface area contributed by atoms with Gasteiger partial charge >= 0.3 is 5.97 Å². The zero-order valence-electron chi connectivity index (χ0n) is 16.2. The first-order valence-corrected chi connectivity index (χ1v) is 9.38. The zero-order valence-corrected chi connectivity index (χ0v) is 16.2. The van der Waals surface area contributed by atoms with Gasteiger partial charge in [0.25, 0.3) is 5.91 Å². The number of amides is 1. The van der Waals surface area contributed by atoms with Crippen LogP contribution < -0.4 is 19.6 Å². The highest BCUT2D eigenvalue weighted by Gasteiger charge is 2.26. The molecule has 1 N–H and O–H groups in total. The SMILES string of the molecule is O=C(Oc1cccc(/C=N\NC(=O)C2COc3ccccc3O2)c1)c1cccc(F)c1. The molecule has 0 fully saturated rings. The van der Waals surface area contributed by atoms with Crippen molar-refractivity contribution < 1.29 is 28.2 Å². The number of carbonyl (C=O) groups is 2. The van der Waals surface area contributed by atoms with Crippen molar-refractivity contribution in [1.82, 2.24) is 5.43 Å². The predicted octanol–water partition coefficient (Wildman–Crippen LogP) is 3.34. The Morgan fingerprint density at radius 2 is 1.84 bits per heavy atom. The highest BCUT2D eigenvalue weighted by Crippen LogP contribution is 2.30. The van der Waals surface area contributed by atoms with Gasteiger partial charge in [-0.1, -0.05) is 30.3 Å². The minimum Gasteiger partial charge on any atom is -0.485 e. The van der Waals surface area contributed by atoms with Gasteiger partial charge in [-0.3, -0.25) is 4.79 Å². The van der Waals surface area contributed by atoms with Crippen molar-refractivity contribution >= 4 is 18.1 Å². The van der Waals surface area contributed by atoms with Gasteiger partial charge in [-0.15, -0.1) is 0 Å². The van der Waals surface area contributed by atoms with E-state index in [0.717, 1.165) is 6.07 Å². The largest absolute Gasteiger partial charge is 0.485 e. The number of para-hydroxylation sites is 2. The summed E-state index contributed by atoms with van der Waals surface area (Å²) < 4.78 is 29.7. The van der Waals surface area contributed by atoms with Crippen molar-refractivity contribution in [3.8, 4) is 17.2 Å². The molecule has 1 aliphatic heterocycles. The van der Waals surface area contributed by atoms with Gasteiger partial charge < -0.3 is 14.2 Å². The third-order valence-electron chi connectivity index (χ3n) is 4.32. The van der Waals surface area contributed by atoms with Gasteiger partial charge in [0.05, 0.1) is 11.8 Å². The average Bonchev–Trinajstić information content (AvgIpc) is 2.79. The molecule has 0 saturated heterocycles. The molecule has 1 amide bonds. The quantitative estimate of drug-likeness (QED) is 0.296. The third kappa shape index (κ3) is 5.05. The Morgan fingerprint density at radius 1 is 1.03 bits per heavy atom. The van der Waals surface area contributed by atoms with Crippen LogP contribution in [0.4, 0.5) is 4.39 Å². The van der Waals surface area contributed by atoms with Gasteiger partial charge in [0, 0.05) is 0 Å². The summed E-state index contributed by atoms with van der Waals surface area (Å²) in [7, 11) is 0. The van der Waals surface area contributed by atoms with E-state index in [2.05, 4.69) is 10.5 Å². The van der Waals surface area contributed by atoms with Crippen LogP contribution in [0, 0.1) is 5.82 Å². The van der Waals surface area contributed by atoms with Crippen molar-refractivity contribution in [3.05, 3.63) is 89.7 Å². The van der Waals surface area contributed by atoms with E-state index in [1.165, 1.54) is 24.4 Å². The molecule has 0 saturated carbocycles. The number of ether oxygens (including phenoxy) is 3. The normalized spacial score (nSPS) is 14.8. The summed E-state index contributed by atoms with van der Waals surface area (Å²) in [5.74, 6) is -0.339. The standard InChI is InChI=1S/C23H17FN2O5/c24-17-7-4-6-16(12-17)23(28)30-18-8-3-5-15(11-18)13-25-26-22(27)21-14-29-19-9-1-2-10-20(19)31-21/h1-13,21H,14H2,(H,26,27)/b25-13-. The topological polar surface area (TPSA) is 86.2 Å². The first-order valence-electron chi connectivity index (χ1n) is 9.38. The Balaban J connectivity index is 1.34. The molecular weight excluding hydrogens is 403 g/mol. The van der Waals surface area contributed by atoms with E-state index in [1.54, 1.807) is 42.5 Å². The molecule has 3 aromatic rings. The molecule has 4 rings (SSSR count). The number of esters is 1. The number of carbonyl (C=O) groups excluding carboxylic acids is 2. The molecule has 31 heavy (non-hydrogen) atoms. The highest BCUT2D eigenvalue weighted by atomic mass is 19.1. The molecular formula is C23H17FN2O5. The van der Waals surface area contributed by atoms with Crippen LogP contribution in [0.1, 0.15) is 15.9 Å². The Hall–Kier alpha value is -4.20. The minimum absolute atomic E-state index is 0.0733. The summed E-state index contributed by atoms with van der Waals surface area (Å²) in [6.07, 6.45) is 0.570. The lowest BCUT2D eigenvalue weighted by Crippen LogP contribution is -2.42. The van der Waals surface area contributed by atoms with Crippen molar-refractivity contribution in [2.75, 3.05) is 6.61 Å². The van der Waals surface area contributed by atoms with Crippen LogP contribution in [0.15, 0.2) is 77.9 Å². The second kappa shape index (κ2) is 9.08. The number of halogens is 1. The van der Waals surface area contributed by atoms with Crippen LogP contribution in [-0.4, -0.2) is 30.8 Å². The molecule has 0 spiro atoms. The smallest absolute Gasteiger partial charge is 0.343 e. The fourth-order valence-corrected chi connectivity index (χ4v) is 2.83. The van der Waals surface area contributed by atoms with E-state index in [9.17, 15) is 14.0 Å². The third-order valence-corrected chi connectivity index (χ3v) is 4.32. The molecule has 0 aromatic heterocycles. The molecule has 1 aliphatic rings. The molecule has 0 aliphatic carbocycles. The molecule has 0 radical (unpaired) electrons. The molecule has 0 bridgehead atoms. The van der Waals surface area contributed by atoms with Crippen molar-refractivity contribution in [3.63, 3.8) is 0 Å². The molecule has 1 unspecified atom stereocenters. The first-order chi connectivity index (χ1) is 15.1. The Bertz CT molecular complexity index is 1150. The summed E-state index contributed by atoms with van der Waals surface area (Å²) in [5.41, 5.74) is 3.08. The molecule has 1 atom stereocenters. The summed E-state index contributed by atoms with van der Waals surface area (Å²) in [5, 5.41) is 3.91. The van der Waals surface area contributed by atoms with Crippen LogP contribution in [0.2, 0.25) is 0 Å². The Kier molecular flexibility index (Phi) is 5.89. The maximum atomic E-state index is 13.3. The molecule has 156 valence electrons. The maximum Gasteiger partial charge on any atom is 0.343 e. The van der Waals surface area contributed by atoms with Crippen LogP contribution in [0.3, 0.4) is 0 Å². The number of nitrogens with one attached hydrogen (secondary N) is 1. The van der Waals surface area contributed by atoms with E-state index >= 15 is 0 Å². The van der Waals surface area contributed by atoms with Gasteiger partial charge in [0.1, 0.15) is 18.2 Å². The van der Waals surface area contributed by atoms with E-state index in [-0.39, 0.29) is 17.9 Å². The molecule has 7 nitrogen and oxygen atoms in total. The highest BCUT2D eigenvalue weighted by molar-refractivity contribution is 5.91. The fraction of sp³-hybridized carbons (Fsp3) is 0.0870. The Labute approximate surface area is 177 Å². The second-order valence-electron chi connectivity index (χ2n) is 6.57. The van der Waals surface area contributed by atoms with E-state index < -0.39 is 23.8 Å². The molecule has 3 aromatic carbocycles. The zero-order chi connectivity index (χ0) is 21.6. The minimum atomic E-state index is -0.828. The number of hydrogen-bond acceptors (Lipinski definition) is 6. The van der Waals surface area contributed by atoms with Crippen LogP contribution >= 0.6 is 0 Å². The van der Waals surface area contributed by atoms with Crippen molar-refractivity contribution in [2.45, 2.75) is 6.10 Å². The average molecular weight is 420 g/mol. The van der Waals surface area contributed by atoms with E-state index in [1.807, 2.05) is 6.07 Å². The monoisotopic (exact) mass is 420 g/mol. The van der Waals surface area contributed by atoms with Gasteiger partial charge in [-0.25, -0.2) is 14.6 Å². The van der Waals surface area contributed by atoms with Crippen LogP contribution in [-0.2, 0) is 4.79 Å². The summed E-state index contributed by atoms with van der Waals surface area (Å²) in [4.78, 5) is 24.4. The molecule has 8 heteroatoms. The predicted molar refractivity (Wildman–Crippen MR) is 110 cm³/mol. The van der Waals surface area contributed by atoms with Crippen molar-refractivity contribution in [2.24, 2.45) is 5.10 Å². The lowest BCUT2D eigenvalue weighted by molar-refractivity contribution is -0.130. The van der Waals surface area contributed by atoms with Gasteiger partial charge in [0.2, 0.25) is 6.10 Å². The number of hydrogen-bond donors (Lipinski definition) is 1. The number of fused-ring (bicyclic) bond motifs is 1. The summed E-state index contributed by atoms with van der Waals surface area (Å²) >= 11 is 0. The second-order valence-corrected chi connectivity index (χ2v) is 6.57. The van der Waals surface area contributed by atoms with Gasteiger partial charge in [-0.2, -0.15) is 5.10 Å². The Morgan fingerprint density at radius 3 is 2.68 bits per heavy atom. The number of hydrazone groups is 1. The first kappa shape index (κ1) is 20.1. The lowest BCUT2D eigenvalue weighted by Gasteiger charge is -2.24. The van der Waals surface area contributed by atoms with E-state index in [0.29, 0.717) is 17.1 Å². The number of nitrogens with zero attached hydrogens (tertiary/aromatic N) is 1. The van der Waals surface area contributed by atoms with Crippen LogP contribution in [0.25, 0.3) is 0 Å². The number of rotatable bonds is 5. The van der Waals surface area contributed by atoms with Crippen LogP contribution in [0.5, 0.6) is 17.2 Å². The maximum absolute atomic E-state index is 13.3. The number of benzene rings is 3. The van der Waals surface area contributed by atoms with E-state index in [4.69, 9.17) is 14.2 Å². The van der Waals surface area contributed by atoms with Gasteiger partial charge in [0.15, 0.2) is 11.5 Å². The lowest BCUT2D eigenvalue weighted by atomic mass is 10.2. The van der Waals surface area contributed by atoms with Gasteiger partial charge in [-0.05, 0) is 48.0 Å². The summed E-state index contributed by atoms with van der Waals surface area (Å²) in [6.45, 7) is 0.0733. The summed E-state index contributed by atoms with van der Waals surface area (Å²) in [6, 6.07) is 18.8.